The van der Waals surface area contributed by atoms with Crippen LogP contribution in [0.2, 0.25) is 0 Å². The molecule has 17 heavy (non-hydrogen) atoms. The summed E-state index contributed by atoms with van der Waals surface area (Å²) in [6.07, 6.45) is 0.508. The van der Waals surface area contributed by atoms with Crippen molar-refractivity contribution in [2.24, 2.45) is 0 Å². The van der Waals surface area contributed by atoms with Gasteiger partial charge in [-0.3, -0.25) is 4.79 Å². The highest BCUT2D eigenvalue weighted by molar-refractivity contribution is 9.10. The molecule has 1 aromatic rings. The van der Waals surface area contributed by atoms with Crippen LogP contribution in [0.25, 0.3) is 0 Å². The lowest BCUT2D eigenvalue weighted by atomic mass is 10.0. The third-order valence-corrected chi connectivity index (χ3v) is 3.06. The molecule has 0 saturated heterocycles. The van der Waals surface area contributed by atoms with E-state index in [4.69, 9.17) is 0 Å². The van der Waals surface area contributed by atoms with Crippen LogP contribution in [0.1, 0.15) is 30.6 Å². The Bertz CT molecular complexity index is 421. The van der Waals surface area contributed by atoms with Crippen molar-refractivity contribution >= 4 is 21.8 Å². The van der Waals surface area contributed by atoms with Gasteiger partial charge >= 0.3 is 0 Å². The molecule has 3 nitrogen and oxygen atoms in total. The van der Waals surface area contributed by atoms with Gasteiger partial charge in [0.05, 0.1) is 11.2 Å². The van der Waals surface area contributed by atoms with Crippen molar-refractivity contribution in [1.29, 1.82) is 0 Å². The lowest BCUT2D eigenvalue weighted by Gasteiger charge is -2.21. The Balaban J connectivity index is 2.74. The number of aliphatic hydroxyl groups is 1. The van der Waals surface area contributed by atoms with Gasteiger partial charge in [0.25, 0.3) is 5.91 Å². The molecule has 0 saturated carbocycles. The van der Waals surface area contributed by atoms with E-state index < -0.39 is 17.3 Å². The van der Waals surface area contributed by atoms with Gasteiger partial charge in [0.15, 0.2) is 0 Å². The van der Waals surface area contributed by atoms with Gasteiger partial charge in [-0.1, -0.05) is 22.9 Å². The van der Waals surface area contributed by atoms with Gasteiger partial charge in [-0.25, -0.2) is 4.39 Å². The molecule has 1 atom stereocenters. The molecule has 0 heterocycles. The highest BCUT2D eigenvalue weighted by Gasteiger charge is 2.20. The van der Waals surface area contributed by atoms with Crippen molar-refractivity contribution in [2.75, 3.05) is 6.54 Å². The highest BCUT2D eigenvalue weighted by Crippen LogP contribution is 2.15. The minimum atomic E-state index is -0.974. The summed E-state index contributed by atoms with van der Waals surface area (Å²) in [5.74, 6) is -1.11. The number of amides is 1. The maximum absolute atomic E-state index is 13.4. The average molecular weight is 304 g/mol. The second-order valence-corrected chi connectivity index (χ2v) is 5.07. The topological polar surface area (TPSA) is 49.3 Å². The van der Waals surface area contributed by atoms with Crippen LogP contribution >= 0.6 is 15.9 Å². The molecule has 1 rings (SSSR count). The number of halogens is 2. The first-order chi connectivity index (χ1) is 7.85. The van der Waals surface area contributed by atoms with Crippen LogP contribution in [-0.4, -0.2) is 23.2 Å². The van der Waals surface area contributed by atoms with E-state index in [1.165, 1.54) is 18.2 Å². The first-order valence-electron chi connectivity index (χ1n) is 5.31. The number of hydrogen-bond acceptors (Lipinski definition) is 2. The fourth-order valence-corrected chi connectivity index (χ4v) is 1.52. The quantitative estimate of drug-likeness (QED) is 0.898. The van der Waals surface area contributed by atoms with Gasteiger partial charge in [0.1, 0.15) is 5.82 Å². The molecule has 0 spiro atoms. The molecule has 0 aromatic heterocycles. The Morgan fingerprint density at radius 1 is 1.59 bits per heavy atom. The predicted octanol–water partition coefficient (Wildman–Crippen LogP) is 2.48. The molecule has 0 radical (unpaired) electrons. The second kappa shape index (κ2) is 5.60. The van der Waals surface area contributed by atoms with E-state index in [0.717, 1.165) is 0 Å². The molecule has 0 aliphatic heterocycles. The van der Waals surface area contributed by atoms with Crippen LogP contribution < -0.4 is 5.32 Å². The number of nitrogens with one attached hydrogen (secondary N) is 1. The largest absolute Gasteiger partial charge is 0.388 e. The summed E-state index contributed by atoms with van der Waals surface area (Å²) in [6.45, 7) is 3.52. The predicted molar refractivity (Wildman–Crippen MR) is 67.3 cm³/mol. The number of hydrogen-bond donors (Lipinski definition) is 2. The zero-order valence-corrected chi connectivity index (χ0v) is 11.3. The molecule has 2 N–H and O–H groups in total. The standard InChI is InChI=1S/C12H15BrFNO2/c1-3-12(2,17)7-15-11(16)9-6-8(13)4-5-10(9)14/h4-6,17H,3,7H2,1-2H3,(H,15,16). The lowest BCUT2D eigenvalue weighted by molar-refractivity contribution is 0.0517. The zero-order valence-electron chi connectivity index (χ0n) is 9.76. The number of rotatable bonds is 4. The Hall–Kier alpha value is -0.940. The monoisotopic (exact) mass is 303 g/mol. The second-order valence-electron chi connectivity index (χ2n) is 4.16. The summed E-state index contributed by atoms with van der Waals surface area (Å²) < 4.78 is 14.0. The Morgan fingerprint density at radius 2 is 2.24 bits per heavy atom. The normalized spacial score (nSPS) is 14.2. The third kappa shape index (κ3) is 4.09. The average Bonchev–Trinajstić information content (AvgIpc) is 2.29. The van der Waals surface area contributed by atoms with E-state index in [-0.39, 0.29) is 12.1 Å². The van der Waals surface area contributed by atoms with E-state index in [1.54, 1.807) is 6.92 Å². The highest BCUT2D eigenvalue weighted by atomic mass is 79.9. The van der Waals surface area contributed by atoms with Crippen LogP contribution in [0, 0.1) is 5.82 Å². The summed E-state index contributed by atoms with van der Waals surface area (Å²) in [4.78, 5) is 11.7. The SMILES string of the molecule is CCC(C)(O)CNC(=O)c1cc(Br)ccc1F. The summed E-state index contributed by atoms with van der Waals surface area (Å²) in [6, 6.07) is 4.15. The molecule has 5 heteroatoms. The van der Waals surface area contributed by atoms with E-state index in [9.17, 15) is 14.3 Å². The molecule has 1 unspecified atom stereocenters. The van der Waals surface area contributed by atoms with Gasteiger partial charge in [-0.05, 0) is 31.5 Å². The molecule has 1 aromatic carbocycles. The summed E-state index contributed by atoms with van der Waals surface area (Å²) in [5.41, 5.74) is -1.01. The van der Waals surface area contributed by atoms with Crippen molar-refractivity contribution < 1.29 is 14.3 Å². The Labute approximate surface area is 108 Å². The fraction of sp³-hybridized carbons (Fsp3) is 0.417. The molecule has 0 fully saturated rings. The maximum Gasteiger partial charge on any atom is 0.254 e. The van der Waals surface area contributed by atoms with E-state index >= 15 is 0 Å². The number of carbonyl (C=O) groups is 1. The molecule has 94 valence electrons. The van der Waals surface area contributed by atoms with Crippen molar-refractivity contribution in [3.8, 4) is 0 Å². The number of benzene rings is 1. The van der Waals surface area contributed by atoms with E-state index in [2.05, 4.69) is 21.2 Å². The van der Waals surface area contributed by atoms with E-state index in [0.29, 0.717) is 10.9 Å². The maximum atomic E-state index is 13.4. The van der Waals surface area contributed by atoms with Crippen LogP contribution in [0.5, 0.6) is 0 Å². The molecule has 0 bridgehead atoms. The first-order valence-corrected chi connectivity index (χ1v) is 6.10. The molecular weight excluding hydrogens is 289 g/mol. The molecule has 0 aliphatic carbocycles. The van der Waals surface area contributed by atoms with Crippen molar-refractivity contribution in [2.45, 2.75) is 25.9 Å². The van der Waals surface area contributed by atoms with Gasteiger partial charge in [-0.2, -0.15) is 0 Å². The van der Waals surface area contributed by atoms with Gasteiger partial charge in [0, 0.05) is 11.0 Å². The number of carbonyl (C=O) groups excluding carboxylic acids is 1. The lowest BCUT2D eigenvalue weighted by Crippen LogP contribution is -2.40. The van der Waals surface area contributed by atoms with Crippen molar-refractivity contribution in [3.63, 3.8) is 0 Å². The van der Waals surface area contributed by atoms with Crippen LogP contribution in [-0.2, 0) is 0 Å². The first kappa shape index (κ1) is 14.1. The molecule has 1 amide bonds. The molecule has 0 aliphatic rings. The minimum Gasteiger partial charge on any atom is -0.388 e. The fourth-order valence-electron chi connectivity index (χ4n) is 1.16. The zero-order chi connectivity index (χ0) is 13.1. The van der Waals surface area contributed by atoms with Gasteiger partial charge in [-0.15, -0.1) is 0 Å². The summed E-state index contributed by atoms with van der Waals surface area (Å²) >= 11 is 3.17. The third-order valence-electron chi connectivity index (χ3n) is 2.56. The van der Waals surface area contributed by atoms with Crippen LogP contribution in [0.3, 0.4) is 0 Å². The summed E-state index contributed by atoms with van der Waals surface area (Å²) in [5, 5.41) is 12.2. The molecular formula is C12H15BrFNO2. The van der Waals surface area contributed by atoms with E-state index in [1.807, 2.05) is 6.92 Å². The van der Waals surface area contributed by atoms with Gasteiger partial charge in [0.2, 0.25) is 0 Å². The Kier molecular flexibility index (Phi) is 4.65. The minimum absolute atomic E-state index is 0.0359. The van der Waals surface area contributed by atoms with Crippen LogP contribution in [0.15, 0.2) is 22.7 Å². The van der Waals surface area contributed by atoms with Crippen molar-refractivity contribution in [3.05, 3.63) is 34.1 Å². The Morgan fingerprint density at radius 3 is 2.82 bits per heavy atom. The summed E-state index contributed by atoms with van der Waals surface area (Å²) in [7, 11) is 0. The smallest absolute Gasteiger partial charge is 0.254 e. The van der Waals surface area contributed by atoms with Crippen molar-refractivity contribution in [1.82, 2.24) is 5.32 Å². The van der Waals surface area contributed by atoms with Gasteiger partial charge < -0.3 is 10.4 Å². The van der Waals surface area contributed by atoms with Crippen LogP contribution in [0.4, 0.5) is 4.39 Å².